The highest BCUT2D eigenvalue weighted by Crippen LogP contribution is 2.62. The third-order valence-corrected chi connectivity index (χ3v) is 8.05. The van der Waals surface area contributed by atoms with E-state index in [1.165, 1.54) is 55.2 Å². The molecule has 1 N–H and O–H groups in total. The molecular weight excluding hydrogens is 412 g/mol. The summed E-state index contributed by atoms with van der Waals surface area (Å²) < 4.78 is 16.9. The van der Waals surface area contributed by atoms with Gasteiger partial charge in [-0.05, 0) is 110 Å². The number of benzene rings is 2. The molecule has 33 heavy (non-hydrogen) atoms. The number of hydrogen-bond acceptors (Lipinski definition) is 4. The molecule has 2 aromatic carbocycles. The van der Waals surface area contributed by atoms with Gasteiger partial charge in [-0.1, -0.05) is 24.3 Å². The van der Waals surface area contributed by atoms with Crippen LogP contribution in [0.25, 0.3) is 11.6 Å². The molecule has 4 saturated carbocycles. The largest absolute Gasteiger partial charge is 0.508 e. The minimum Gasteiger partial charge on any atom is -0.508 e. The molecule has 0 radical (unpaired) electrons. The Morgan fingerprint density at radius 2 is 1.64 bits per heavy atom. The topological polar surface area (TPSA) is 47.9 Å². The summed E-state index contributed by atoms with van der Waals surface area (Å²) in [5.74, 6) is 3.90. The Morgan fingerprint density at radius 3 is 2.27 bits per heavy atom. The molecule has 4 aliphatic rings. The van der Waals surface area contributed by atoms with Crippen molar-refractivity contribution >= 4 is 11.6 Å². The first kappa shape index (κ1) is 22.5. The van der Waals surface area contributed by atoms with Crippen LogP contribution in [-0.2, 0) is 14.9 Å². The van der Waals surface area contributed by atoms with Gasteiger partial charge in [-0.3, -0.25) is 0 Å². The van der Waals surface area contributed by atoms with Gasteiger partial charge in [0.15, 0.2) is 6.79 Å². The van der Waals surface area contributed by atoms with Crippen molar-refractivity contribution in [1.29, 1.82) is 0 Å². The molecule has 6 rings (SSSR count). The van der Waals surface area contributed by atoms with Crippen LogP contribution < -0.4 is 4.74 Å². The summed E-state index contributed by atoms with van der Waals surface area (Å²) in [5, 5.41) is 9.59. The summed E-state index contributed by atoms with van der Waals surface area (Å²) in [6.07, 6.45) is 10.4. The summed E-state index contributed by atoms with van der Waals surface area (Å²) in [7, 11) is 1.68. The van der Waals surface area contributed by atoms with Crippen molar-refractivity contribution < 1.29 is 19.3 Å². The molecule has 0 amide bonds. The van der Waals surface area contributed by atoms with Crippen LogP contribution in [0, 0.1) is 17.8 Å². The Labute approximate surface area is 197 Å². The number of ether oxygens (including phenoxy) is 3. The maximum atomic E-state index is 9.59. The number of hydrogen-bond donors (Lipinski definition) is 1. The minimum absolute atomic E-state index is 0.242. The zero-order valence-corrected chi connectivity index (χ0v) is 19.9. The third-order valence-electron chi connectivity index (χ3n) is 8.05. The monoisotopic (exact) mass is 448 g/mol. The molecule has 0 spiro atoms. The Hall–Kier alpha value is -2.30. The van der Waals surface area contributed by atoms with Gasteiger partial charge < -0.3 is 19.3 Å². The number of aromatic hydroxyl groups is 1. The van der Waals surface area contributed by atoms with Crippen molar-refractivity contribution in [3.05, 3.63) is 59.2 Å². The maximum absolute atomic E-state index is 9.59. The minimum atomic E-state index is 0.242. The lowest BCUT2D eigenvalue weighted by Crippen LogP contribution is -2.48. The second-order valence-electron chi connectivity index (χ2n) is 10.5. The SMILES string of the molecule is COCCOCOc1ccc(/C(C)=C/c2ccc(O)cc2)cc1C12CC3CC(CC(C3)C1)C2. The zero-order valence-electron chi connectivity index (χ0n) is 19.9. The molecule has 4 aliphatic carbocycles. The molecule has 0 aliphatic heterocycles. The van der Waals surface area contributed by atoms with Crippen molar-refractivity contribution in [3.63, 3.8) is 0 Å². The summed E-state index contributed by atoms with van der Waals surface area (Å²) >= 11 is 0. The van der Waals surface area contributed by atoms with Crippen molar-refractivity contribution in [2.75, 3.05) is 27.1 Å². The number of allylic oxidation sites excluding steroid dienone is 1. The van der Waals surface area contributed by atoms with Crippen LogP contribution in [0.2, 0.25) is 0 Å². The van der Waals surface area contributed by atoms with E-state index in [0.29, 0.717) is 19.0 Å². The smallest absolute Gasteiger partial charge is 0.189 e. The fourth-order valence-electron chi connectivity index (χ4n) is 6.97. The maximum Gasteiger partial charge on any atom is 0.189 e. The van der Waals surface area contributed by atoms with Crippen LogP contribution in [0.15, 0.2) is 42.5 Å². The Morgan fingerprint density at radius 1 is 0.970 bits per heavy atom. The fourth-order valence-corrected chi connectivity index (χ4v) is 6.97. The summed E-state index contributed by atoms with van der Waals surface area (Å²) in [4.78, 5) is 0. The second kappa shape index (κ2) is 9.52. The molecule has 0 unspecified atom stereocenters. The predicted molar refractivity (Wildman–Crippen MR) is 131 cm³/mol. The molecule has 4 fully saturated rings. The average Bonchev–Trinajstić information content (AvgIpc) is 2.79. The molecule has 4 bridgehead atoms. The van der Waals surface area contributed by atoms with Crippen LogP contribution in [-0.4, -0.2) is 32.2 Å². The lowest BCUT2D eigenvalue weighted by molar-refractivity contribution is -0.0189. The Kier molecular flexibility index (Phi) is 6.49. The van der Waals surface area contributed by atoms with Gasteiger partial charge in [0, 0.05) is 12.7 Å². The first-order chi connectivity index (χ1) is 16.0. The molecule has 0 aromatic heterocycles. The first-order valence-corrected chi connectivity index (χ1v) is 12.4. The Balaban J connectivity index is 1.45. The van der Waals surface area contributed by atoms with Gasteiger partial charge >= 0.3 is 0 Å². The number of rotatable bonds is 9. The number of phenolic OH excluding ortho intramolecular Hbond substituents is 1. The van der Waals surface area contributed by atoms with Crippen LogP contribution in [0.4, 0.5) is 0 Å². The van der Waals surface area contributed by atoms with Crippen molar-refractivity contribution in [1.82, 2.24) is 0 Å². The standard InChI is InChI=1S/C29H36O4/c1-20(11-21-3-6-26(30)7-4-21)25-5-8-28(33-19-32-10-9-31-2)27(15-25)29-16-22-12-23(17-29)14-24(13-22)18-29/h3-8,11,15,22-24,30H,9-10,12-14,16-19H2,1-2H3/b20-11+. The Bertz CT molecular complexity index is 956. The molecular formula is C29H36O4. The van der Waals surface area contributed by atoms with Crippen molar-refractivity contribution in [2.45, 2.75) is 50.9 Å². The second-order valence-corrected chi connectivity index (χ2v) is 10.5. The van der Waals surface area contributed by atoms with E-state index < -0.39 is 0 Å². The summed E-state index contributed by atoms with van der Waals surface area (Å²) in [6.45, 7) is 3.53. The fraction of sp³-hybridized carbons (Fsp3) is 0.517. The van der Waals surface area contributed by atoms with Crippen LogP contribution in [0.1, 0.15) is 62.1 Å². The predicted octanol–water partition coefficient (Wildman–Crippen LogP) is 6.42. The molecule has 2 aromatic rings. The third kappa shape index (κ3) is 4.83. The van der Waals surface area contributed by atoms with Crippen LogP contribution >= 0.6 is 0 Å². The lowest BCUT2D eigenvalue weighted by Gasteiger charge is -2.57. The highest BCUT2D eigenvalue weighted by Gasteiger charge is 2.52. The van der Waals surface area contributed by atoms with Gasteiger partial charge in [0.25, 0.3) is 0 Å². The highest BCUT2D eigenvalue weighted by molar-refractivity contribution is 5.81. The number of methoxy groups -OCH3 is 1. The van der Waals surface area contributed by atoms with E-state index in [1.54, 1.807) is 19.2 Å². The van der Waals surface area contributed by atoms with E-state index in [-0.39, 0.29) is 12.2 Å². The number of phenols is 1. The van der Waals surface area contributed by atoms with Gasteiger partial charge in [0.2, 0.25) is 0 Å². The quantitative estimate of drug-likeness (QED) is 0.273. The highest BCUT2D eigenvalue weighted by atomic mass is 16.7. The first-order valence-electron chi connectivity index (χ1n) is 12.4. The molecule has 4 heteroatoms. The van der Waals surface area contributed by atoms with Gasteiger partial charge in [-0.25, -0.2) is 0 Å². The van der Waals surface area contributed by atoms with Gasteiger partial charge in [-0.2, -0.15) is 0 Å². The van der Waals surface area contributed by atoms with E-state index in [4.69, 9.17) is 14.2 Å². The van der Waals surface area contributed by atoms with Crippen LogP contribution in [0.5, 0.6) is 11.5 Å². The van der Waals surface area contributed by atoms with E-state index in [0.717, 1.165) is 29.1 Å². The molecule has 0 atom stereocenters. The van der Waals surface area contributed by atoms with E-state index in [9.17, 15) is 5.11 Å². The van der Waals surface area contributed by atoms with Crippen molar-refractivity contribution in [2.24, 2.45) is 17.8 Å². The average molecular weight is 449 g/mol. The van der Waals surface area contributed by atoms with Gasteiger partial charge in [-0.15, -0.1) is 0 Å². The molecule has 0 heterocycles. The molecule has 4 nitrogen and oxygen atoms in total. The molecule has 176 valence electrons. The van der Waals surface area contributed by atoms with Gasteiger partial charge in [0.1, 0.15) is 11.5 Å². The lowest BCUT2D eigenvalue weighted by atomic mass is 9.48. The summed E-state index contributed by atoms with van der Waals surface area (Å²) in [6, 6.07) is 14.1. The molecule has 0 saturated heterocycles. The van der Waals surface area contributed by atoms with E-state index >= 15 is 0 Å². The normalized spacial score (nSPS) is 28.3. The van der Waals surface area contributed by atoms with Crippen LogP contribution in [0.3, 0.4) is 0 Å². The van der Waals surface area contributed by atoms with E-state index in [1.807, 2.05) is 12.1 Å². The van der Waals surface area contributed by atoms with Crippen molar-refractivity contribution in [3.8, 4) is 11.5 Å². The van der Waals surface area contributed by atoms with Gasteiger partial charge in [0.05, 0.1) is 13.2 Å². The summed E-state index contributed by atoms with van der Waals surface area (Å²) in [5.41, 5.74) is 5.17. The van der Waals surface area contributed by atoms with E-state index in [2.05, 4.69) is 31.2 Å². The zero-order chi connectivity index (χ0) is 22.8.